The van der Waals surface area contributed by atoms with Crippen molar-refractivity contribution in [2.75, 3.05) is 56.0 Å². The first-order valence-corrected chi connectivity index (χ1v) is 22.6. The summed E-state index contributed by atoms with van der Waals surface area (Å²) in [4.78, 5) is 39.2. The molecule has 22 heteroatoms. The molecule has 2 aromatic heterocycles. The summed E-state index contributed by atoms with van der Waals surface area (Å²) < 4.78 is 110. The first-order valence-electron chi connectivity index (χ1n) is 21.2. The van der Waals surface area contributed by atoms with Crippen molar-refractivity contribution >= 4 is 56.4 Å². The smallest absolute Gasteiger partial charge is 0.404 e. The van der Waals surface area contributed by atoms with Gasteiger partial charge in [-0.2, -0.15) is 35.7 Å². The van der Waals surface area contributed by atoms with Crippen LogP contribution in [-0.4, -0.2) is 114 Å². The minimum absolute atomic E-state index is 0.106. The van der Waals surface area contributed by atoms with E-state index >= 15 is 0 Å². The zero-order chi connectivity index (χ0) is 46.9. The monoisotopic (exact) mass is 931 g/mol. The number of sulfonamides is 1. The Balaban J connectivity index is 0.926. The maximum absolute atomic E-state index is 13.9. The predicted molar refractivity (Wildman–Crippen MR) is 233 cm³/mol. The van der Waals surface area contributed by atoms with Crippen LogP contribution in [0.15, 0.2) is 64.7 Å². The minimum atomic E-state index is -4.95. The topological polar surface area (TPSA) is 184 Å². The molecule has 0 spiro atoms. The molecular weight excluding hydrogens is 881 g/mol. The van der Waals surface area contributed by atoms with Gasteiger partial charge in [0.05, 0.1) is 16.1 Å². The van der Waals surface area contributed by atoms with E-state index in [9.17, 15) is 44.3 Å². The van der Waals surface area contributed by atoms with E-state index in [4.69, 9.17) is 5.73 Å². The number of anilines is 2. The number of benzene rings is 2. The number of hydrogen-bond donors (Lipinski definition) is 3. The number of urea groups is 1. The number of carbonyl (C=O) groups excluding carboxylic acids is 2. The molecular formula is C43H51F6N11O4S. The van der Waals surface area contributed by atoms with Gasteiger partial charge in [0.1, 0.15) is 12.1 Å². The second-order valence-electron chi connectivity index (χ2n) is 17.5. The molecule has 3 amide bonds. The molecule has 3 saturated heterocycles. The number of nitrogens with zero attached hydrogens (tertiary/aromatic N) is 8. The fourth-order valence-corrected chi connectivity index (χ4v) is 10.4. The van der Waals surface area contributed by atoms with Crippen molar-refractivity contribution in [3.63, 3.8) is 0 Å². The Morgan fingerprint density at radius 2 is 1.71 bits per heavy atom. The van der Waals surface area contributed by atoms with Crippen LogP contribution in [0, 0.1) is 5.41 Å². The number of nitrogens with one attached hydrogen (secondary N) is 2. The number of nitrogens with two attached hydrogens (primary N) is 1. The number of rotatable bonds is 13. The summed E-state index contributed by atoms with van der Waals surface area (Å²) >= 11 is 0. The van der Waals surface area contributed by atoms with Crippen LogP contribution in [-0.2, 0) is 34.5 Å². The third-order valence-corrected chi connectivity index (χ3v) is 13.8. The van der Waals surface area contributed by atoms with E-state index in [0.29, 0.717) is 36.8 Å². The number of hydrogen-bond acceptors (Lipinski definition) is 11. The van der Waals surface area contributed by atoms with Gasteiger partial charge in [0.2, 0.25) is 21.9 Å². The first-order chi connectivity index (χ1) is 30.6. The maximum Gasteiger partial charge on any atom is 0.419 e. The average Bonchev–Trinajstić information content (AvgIpc) is 3.56. The number of likely N-dealkylation sites (tertiary alicyclic amines) is 1. The van der Waals surface area contributed by atoms with Crippen molar-refractivity contribution in [3.05, 3.63) is 77.2 Å². The van der Waals surface area contributed by atoms with Crippen molar-refractivity contribution in [3.8, 4) is 0 Å². The molecule has 0 unspecified atom stereocenters. The van der Waals surface area contributed by atoms with Gasteiger partial charge in [-0.15, -0.1) is 0 Å². The molecule has 0 atom stereocenters. The average molecular weight is 932 g/mol. The number of amides is 3. The second kappa shape index (κ2) is 18.7. The summed E-state index contributed by atoms with van der Waals surface area (Å²) in [6.07, 6.45) is -4.54. The minimum Gasteiger partial charge on any atom is -0.404 e. The molecule has 3 aliphatic heterocycles. The third-order valence-electron chi connectivity index (χ3n) is 11.9. The number of allylic oxidation sites excluding steroid dienone is 1. The Labute approximate surface area is 372 Å². The van der Waals surface area contributed by atoms with Crippen LogP contribution in [0.4, 0.5) is 42.9 Å². The standard InChI is InChI=1S/C43H51F6N11O4S/c1-41(2,26-58-14-9-28(10-15-58)29-7-8-33-35(20-29)57(3)56-38(33)60-18-13-36(61)54-40(60)62)21-27-5-4-6-32(19-27)65(63,64)59-16-11-31(12-17-59)53-39-52-24-34(43(47,48)49)37(55-39)30(22-50)23-51-25-42(44,45)46/h4-8,19-20,22-24,28,31H,9-18,21,25-26,50H2,1-3H3,(H,52,53,55)(H,54,61,62)/b30-22+,51-23?. The lowest BCUT2D eigenvalue weighted by atomic mass is 9.83. The Morgan fingerprint density at radius 1 is 0.985 bits per heavy atom. The molecule has 2 aromatic carbocycles. The lowest BCUT2D eigenvalue weighted by Crippen LogP contribution is -2.49. The molecule has 7 rings (SSSR count). The lowest BCUT2D eigenvalue weighted by Gasteiger charge is -2.38. The van der Waals surface area contributed by atoms with Crippen LogP contribution >= 0.6 is 0 Å². The summed E-state index contributed by atoms with van der Waals surface area (Å²) in [7, 11) is -2.05. The number of aliphatic imine (C=N–C) groups is 1. The lowest BCUT2D eigenvalue weighted by molar-refractivity contribution is -0.138. The summed E-state index contributed by atoms with van der Waals surface area (Å²) in [5, 5.41) is 10.8. The number of piperidine rings is 2. The summed E-state index contributed by atoms with van der Waals surface area (Å²) in [5.41, 5.74) is 5.73. The van der Waals surface area contributed by atoms with Crippen LogP contribution in [0.2, 0.25) is 0 Å². The van der Waals surface area contributed by atoms with Crippen LogP contribution < -0.4 is 21.3 Å². The van der Waals surface area contributed by atoms with Crippen molar-refractivity contribution < 1.29 is 44.3 Å². The molecule has 0 saturated carbocycles. The highest BCUT2D eigenvalue weighted by molar-refractivity contribution is 7.89. The quantitative estimate of drug-likeness (QED) is 0.0992. The SMILES string of the molecule is Cn1nc(N2CCC(=O)NC2=O)c2ccc(C3CCN(CC(C)(C)Cc4cccc(S(=O)(=O)N5CCC(Nc6ncc(C(F)(F)F)c(/C(C=NCC(F)(F)F)=C/N)n6)CC5)c4)CC3)cc21. The predicted octanol–water partition coefficient (Wildman–Crippen LogP) is 6.47. The highest BCUT2D eigenvalue weighted by atomic mass is 32.2. The normalized spacial score (nSPS) is 18.5. The van der Waals surface area contributed by atoms with Crippen molar-refractivity contribution in [1.29, 1.82) is 0 Å². The summed E-state index contributed by atoms with van der Waals surface area (Å²) in [5.74, 6) is 0.341. The van der Waals surface area contributed by atoms with Crippen molar-refractivity contribution in [2.45, 2.75) is 81.6 Å². The fourth-order valence-electron chi connectivity index (χ4n) is 8.81. The van der Waals surface area contributed by atoms with Gasteiger partial charge in [-0.05, 0) is 91.9 Å². The van der Waals surface area contributed by atoms with Crippen molar-refractivity contribution in [2.24, 2.45) is 23.2 Å². The highest BCUT2D eigenvalue weighted by Crippen LogP contribution is 2.37. The largest absolute Gasteiger partial charge is 0.419 e. The van der Waals surface area contributed by atoms with E-state index in [0.717, 1.165) is 48.9 Å². The van der Waals surface area contributed by atoms with Gasteiger partial charge in [-0.25, -0.2) is 23.2 Å². The van der Waals surface area contributed by atoms with E-state index in [1.54, 1.807) is 22.9 Å². The van der Waals surface area contributed by atoms with E-state index in [-0.39, 0.29) is 61.1 Å². The summed E-state index contributed by atoms with van der Waals surface area (Å²) in [6.45, 7) is 5.79. The van der Waals surface area contributed by atoms with Gasteiger partial charge in [0, 0.05) is 75.3 Å². The Hall–Kier alpha value is -5.61. The van der Waals surface area contributed by atoms with Gasteiger partial charge in [-0.1, -0.05) is 32.0 Å². The van der Waals surface area contributed by atoms with E-state index < -0.39 is 57.8 Å². The third kappa shape index (κ3) is 11.3. The molecule has 0 bridgehead atoms. The number of fused-ring (bicyclic) bond motifs is 1. The Morgan fingerprint density at radius 3 is 2.37 bits per heavy atom. The Bertz CT molecular complexity index is 2580. The van der Waals surface area contributed by atoms with Gasteiger partial charge in [0.25, 0.3) is 0 Å². The van der Waals surface area contributed by atoms with Gasteiger partial charge < -0.3 is 16.0 Å². The highest BCUT2D eigenvalue weighted by Gasteiger charge is 2.37. The number of carbonyl (C=O) groups is 2. The van der Waals surface area contributed by atoms with Gasteiger partial charge in [-0.3, -0.25) is 24.7 Å². The summed E-state index contributed by atoms with van der Waals surface area (Å²) in [6, 6.07) is 12.3. The van der Waals surface area contributed by atoms with Crippen LogP contribution in [0.1, 0.15) is 74.3 Å². The number of aromatic nitrogens is 4. The Kier molecular flexibility index (Phi) is 13.6. The molecule has 4 N–H and O–H groups in total. The van der Waals surface area contributed by atoms with Crippen LogP contribution in [0.25, 0.3) is 16.5 Å². The molecule has 65 heavy (non-hydrogen) atoms. The number of imide groups is 1. The molecule has 3 fully saturated rings. The van der Waals surface area contributed by atoms with E-state index in [1.165, 1.54) is 14.8 Å². The van der Waals surface area contributed by atoms with E-state index in [1.807, 2.05) is 19.2 Å². The molecule has 15 nitrogen and oxygen atoms in total. The molecule has 3 aliphatic rings. The molecule has 0 radical (unpaired) electrons. The first kappa shape index (κ1) is 47.4. The van der Waals surface area contributed by atoms with E-state index in [2.05, 4.69) is 61.6 Å². The maximum atomic E-state index is 13.9. The zero-order valence-corrected chi connectivity index (χ0v) is 36.9. The number of alkyl halides is 6. The van der Waals surface area contributed by atoms with Crippen molar-refractivity contribution in [1.82, 2.24) is 34.3 Å². The van der Waals surface area contributed by atoms with Crippen LogP contribution in [0.5, 0.6) is 0 Å². The zero-order valence-electron chi connectivity index (χ0n) is 36.1. The molecule has 350 valence electrons. The molecule has 0 aliphatic carbocycles. The van der Waals surface area contributed by atoms with Gasteiger partial charge >= 0.3 is 18.4 Å². The fraction of sp³-hybridized carbons (Fsp3) is 0.488. The number of halogens is 6. The second-order valence-corrected chi connectivity index (χ2v) is 19.4. The molecule has 4 aromatic rings. The van der Waals surface area contributed by atoms with Crippen LogP contribution in [0.3, 0.4) is 0 Å². The molecule has 5 heterocycles. The number of aryl methyl sites for hydroxylation is 1. The van der Waals surface area contributed by atoms with Gasteiger partial charge in [0.15, 0.2) is 5.82 Å².